The number of amides is 1. The zero-order valence-corrected chi connectivity index (χ0v) is 12.7. The molecule has 0 radical (unpaired) electrons. The summed E-state index contributed by atoms with van der Waals surface area (Å²) in [6.07, 6.45) is 0.911. The van der Waals surface area contributed by atoms with Crippen molar-refractivity contribution >= 4 is 16.8 Å². The molecule has 0 saturated carbocycles. The van der Waals surface area contributed by atoms with E-state index in [1.54, 1.807) is 6.92 Å². The number of nitrogens with one attached hydrogen (secondary N) is 1. The Morgan fingerprint density at radius 2 is 2.14 bits per heavy atom. The number of hydrogen-bond donors (Lipinski definition) is 1. The number of para-hydroxylation sites is 1. The van der Waals surface area contributed by atoms with Crippen LogP contribution in [0.2, 0.25) is 0 Å². The Labute approximate surface area is 128 Å². The molecule has 1 aromatic carbocycles. The van der Waals surface area contributed by atoms with Crippen LogP contribution in [-0.2, 0) is 11.3 Å². The summed E-state index contributed by atoms with van der Waals surface area (Å²) in [5, 5.41) is 11.9. The van der Waals surface area contributed by atoms with E-state index in [9.17, 15) is 4.79 Å². The minimum atomic E-state index is -0.0271. The summed E-state index contributed by atoms with van der Waals surface area (Å²) in [6, 6.07) is 9.87. The number of rotatable bonds is 5. The molecule has 6 heteroatoms. The van der Waals surface area contributed by atoms with Crippen LogP contribution in [0.3, 0.4) is 0 Å². The lowest BCUT2D eigenvalue weighted by molar-refractivity contribution is -0.121. The van der Waals surface area contributed by atoms with Crippen LogP contribution in [-0.4, -0.2) is 27.2 Å². The minimum Gasteiger partial charge on any atom is -0.420 e. The summed E-state index contributed by atoms with van der Waals surface area (Å²) >= 11 is 0. The highest BCUT2D eigenvalue weighted by atomic mass is 16.4. The smallest absolute Gasteiger partial charge is 0.264 e. The summed E-state index contributed by atoms with van der Waals surface area (Å²) in [7, 11) is 0. The maximum atomic E-state index is 12.1. The van der Waals surface area contributed by atoms with E-state index < -0.39 is 0 Å². The van der Waals surface area contributed by atoms with Gasteiger partial charge in [-0.3, -0.25) is 4.79 Å². The Hall–Kier alpha value is -2.63. The number of aryl methyl sites for hydroxylation is 1. The van der Waals surface area contributed by atoms with E-state index in [-0.39, 0.29) is 12.5 Å². The highest BCUT2D eigenvalue weighted by Gasteiger charge is 2.17. The van der Waals surface area contributed by atoms with E-state index in [1.807, 2.05) is 41.8 Å². The number of hydrogen-bond acceptors (Lipinski definition) is 4. The number of fused-ring (bicyclic) bond motifs is 1. The van der Waals surface area contributed by atoms with E-state index >= 15 is 0 Å². The second-order valence-corrected chi connectivity index (χ2v) is 5.15. The van der Waals surface area contributed by atoms with Crippen LogP contribution < -0.4 is 5.32 Å². The molecule has 22 heavy (non-hydrogen) atoms. The molecule has 0 aliphatic carbocycles. The average Bonchev–Trinajstić information content (AvgIpc) is 3.09. The van der Waals surface area contributed by atoms with Crippen molar-refractivity contribution < 1.29 is 9.21 Å². The Balaban J connectivity index is 2.03. The molecule has 3 aromatic rings. The van der Waals surface area contributed by atoms with Gasteiger partial charge in [-0.1, -0.05) is 25.1 Å². The number of benzene rings is 1. The van der Waals surface area contributed by atoms with Crippen molar-refractivity contribution in [3.63, 3.8) is 0 Å². The van der Waals surface area contributed by atoms with Crippen LogP contribution in [0.4, 0.5) is 0 Å². The largest absolute Gasteiger partial charge is 0.420 e. The maximum absolute atomic E-state index is 12.1. The van der Waals surface area contributed by atoms with Gasteiger partial charge < -0.3 is 14.3 Å². The summed E-state index contributed by atoms with van der Waals surface area (Å²) in [5.74, 6) is 0.903. The van der Waals surface area contributed by atoms with Gasteiger partial charge in [-0.25, -0.2) is 0 Å². The minimum absolute atomic E-state index is 0.0271. The highest BCUT2D eigenvalue weighted by molar-refractivity contribution is 5.88. The van der Waals surface area contributed by atoms with Crippen molar-refractivity contribution in [1.82, 2.24) is 20.1 Å². The van der Waals surface area contributed by atoms with Crippen LogP contribution in [0, 0.1) is 6.92 Å². The summed E-state index contributed by atoms with van der Waals surface area (Å²) in [4.78, 5) is 12.1. The van der Waals surface area contributed by atoms with Gasteiger partial charge in [-0.15, -0.1) is 10.2 Å². The maximum Gasteiger partial charge on any atom is 0.264 e. The van der Waals surface area contributed by atoms with Crippen LogP contribution in [0.1, 0.15) is 19.2 Å². The number of nitrogens with zero attached hydrogens (tertiary/aromatic N) is 3. The monoisotopic (exact) mass is 298 g/mol. The van der Waals surface area contributed by atoms with Crippen LogP contribution in [0.5, 0.6) is 0 Å². The molecule has 6 nitrogen and oxygen atoms in total. The molecule has 3 rings (SSSR count). The molecule has 0 spiro atoms. The Kier molecular flexibility index (Phi) is 3.91. The van der Waals surface area contributed by atoms with Crippen LogP contribution in [0.15, 0.2) is 34.7 Å². The topological polar surface area (TPSA) is 73.0 Å². The fourth-order valence-corrected chi connectivity index (χ4v) is 2.42. The number of carbonyl (C=O) groups is 1. The molecular weight excluding hydrogens is 280 g/mol. The van der Waals surface area contributed by atoms with Gasteiger partial charge in [0.1, 0.15) is 12.2 Å². The van der Waals surface area contributed by atoms with E-state index in [1.165, 1.54) is 0 Å². The van der Waals surface area contributed by atoms with Gasteiger partial charge in [0.25, 0.3) is 5.89 Å². The van der Waals surface area contributed by atoms with Gasteiger partial charge in [0.2, 0.25) is 11.8 Å². The molecule has 0 bridgehead atoms. The molecule has 0 saturated heterocycles. The number of aromatic nitrogens is 3. The lowest BCUT2D eigenvalue weighted by Crippen LogP contribution is -2.28. The summed E-state index contributed by atoms with van der Waals surface area (Å²) in [6.45, 7) is 4.67. The molecule has 114 valence electrons. The molecule has 2 aromatic heterocycles. The van der Waals surface area contributed by atoms with E-state index in [4.69, 9.17) is 4.42 Å². The second-order valence-electron chi connectivity index (χ2n) is 5.15. The van der Waals surface area contributed by atoms with Gasteiger partial charge in [0, 0.05) is 24.4 Å². The first-order valence-electron chi connectivity index (χ1n) is 7.34. The molecule has 0 unspecified atom stereocenters. The van der Waals surface area contributed by atoms with Crippen molar-refractivity contribution in [3.8, 4) is 11.6 Å². The third-order valence-corrected chi connectivity index (χ3v) is 3.43. The van der Waals surface area contributed by atoms with Crippen molar-refractivity contribution in [2.24, 2.45) is 0 Å². The molecule has 0 aliphatic rings. The molecule has 1 amide bonds. The standard InChI is InChI=1S/C16H18N4O2/c1-3-8-17-15(21)10-20-13-7-5-4-6-12(13)9-14(20)16-19-18-11(2)22-16/h4-7,9H,3,8,10H2,1-2H3,(H,17,21). The Morgan fingerprint density at radius 1 is 1.32 bits per heavy atom. The first kappa shape index (κ1) is 14.3. The third-order valence-electron chi connectivity index (χ3n) is 3.43. The van der Waals surface area contributed by atoms with Crippen LogP contribution >= 0.6 is 0 Å². The molecular formula is C16H18N4O2. The van der Waals surface area contributed by atoms with Gasteiger partial charge in [0.15, 0.2) is 0 Å². The predicted molar refractivity (Wildman–Crippen MR) is 83.3 cm³/mol. The van der Waals surface area contributed by atoms with Crippen molar-refractivity contribution in [3.05, 3.63) is 36.2 Å². The van der Waals surface area contributed by atoms with Gasteiger partial charge in [0.05, 0.1) is 0 Å². The van der Waals surface area contributed by atoms with Gasteiger partial charge >= 0.3 is 0 Å². The van der Waals surface area contributed by atoms with Crippen LogP contribution in [0.25, 0.3) is 22.5 Å². The Morgan fingerprint density at radius 3 is 2.86 bits per heavy atom. The first-order chi connectivity index (χ1) is 10.7. The fourth-order valence-electron chi connectivity index (χ4n) is 2.42. The fraction of sp³-hybridized carbons (Fsp3) is 0.312. The predicted octanol–water partition coefficient (Wildman–Crippen LogP) is 2.53. The summed E-state index contributed by atoms with van der Waals surface area (Å²) < 4.78 is 7.44. The first-order valence-corrected chi connectivity index (χ1v) is 7.34. The van der Waals surface area contributed by atoms with Crippen molar-refractivity contribution in [2.45, 2.75) is 26.8 Å². The normalized spacial score (nSPS) is 11.0. The molecule has 0 aliphatic heterocycles. The Bertz CT molecular complexity index is 803. The zero-order valence-electron chi connectivity index (χ0n) is 12.7. The SMILES string of the molecule is CCCNC(=O)Cn1c(-c2nnc(C)o2)cc2ccccc21. The third kappa shape index (κ3) is 2.72. The molecule has 0 atom stereocenters. The van der Waals surface area contributed by atoms with E-state index in [0.29, 0.717) is 18.3 Å². The van der Waals surface area contributed by atoms with Gasteiger partial charge in [-0.2, -0.15) is 0 Å². The zero-order chi connectivity index (χ0) is 15.5. The lowest BCUT2D eigenvalue weighted by atomic mass is 10.2. The number of carbonyl (C=O) groups excluding carboxylic acids is 1. The average molecular weight is 298 g/mol. The molecule has 2 heterocycles. The molecule has 0 fully saturated rings. The van der Waals surface area contributed by atoms with E-state index in [0.717, 1.165) is 23.0 Å². The van der Waals surface area contributed by atoms with Crippen molar-refractivity contribution in [1.29, 1.82) is 0 Å². The summed E-state index contributed by atoms with van der Waals surface area (Å²) in [5.41, 5.74) is 1.73. The lowest BCUT2D eigenvalue weighted by Gasteiger charge is -2.09. The quantitative estimate of drug-likeness (QED) is 0.785. The molecule has 1 N–H and O–H groups in total. The van der Waals surface area contributed by atoms with Crippen molar-refractivity contribution in [2.75, 3.05) is 6.54 Å². The second kappa shape index (κ2) is 6.01. The highest BCUT2D eigenvalue weighted by Crippen LogP contribution is 2.27. The van der Waals surface area contributed by atoms with Gasteiger partial charge in [-0.05, 0) is 18.6 Å². The van der Waals surface area contributed by atoms with E-state index in [2.05, 4.69) is 15.5 Å².